The molecule has 2 aromatic rings. The fourth-order valence-corrected chi connectivity index (χ4v) is 2.49. The molecule has 6 N–H and O–H groups in total. The molecule has 0 radical (unpaired) electrons. The van der Waals surface area contributed by atoms with Gasteiger partial charge in [-0.25, -0.2) is 4.98 Å². The lowest BCUT2D eigenvalue weighted by molar-refractivity contribution is 0.655. The minimum Gasteiger partial charge on any atom is -0.370 e. The number of aromatic nitrogens is 2. The van der Waals surface area contributed by atoms with E-state index in [1.54, 1.807) is 6.20 Å². The molecule has 24 heavy (non-hydrogen) atoms. The zero-order valence-electron chi connectivity index (χ0n) is 13.6. The first-order valence-corrected chi connectivity index (χ1v) is 8.81. The highest BCUT2D eigenvalue weighted by Crippen LogP contribution is 2.16. The van der Waals surface area contributed by atoms with Crippen molar-refractivity contribution in [3.8, 4) is 11.1 Å². The lowest BCUT2D eigenvalue weighted by Gasteiger charge is -2.06. The molecule has 0 spiro atoms. The number of aliphatic imine (C=N–C) groups is 1. The summed E-state index contributed by atoms with van der Waals surface area (Å²) in [4.78, 5) is 23.0. The average Bonchev–Trinajstić information content (AvgIpc) is 2.58. The van der Waals surface area contributed by atoms with E-state index in [2.05, 4.69) is 20.3 Å². The SMILES string of the molecule is CSc1ncc(-c2ccc(CNCCCN=C(N)N)cc2)c(=O)[nH]1. The zero-order valence-corrected chi connectivity index (χ0v) is 14.4. The number of guanidine groups is 1. The van der Waals surface area contributed by atoms with Gasteiger partial charge in [-0.15, -0.1) is 0 Å². The second-order valence-electron chi connectivity index (χ2n) is 5.17. The van der Waals surface area contributed by atoms with Crippen LogP contribution < -0.4 is 22.3 Å². The minimum atomic E-state index is -0.125. The third-order valence-corrected chi connectivity index (χ3v) is 3.96. The van der Waals surface area contributed by atoms with Gasteiger partial charge in [-0.1, -0.05) is 36.0 Å². The van der Waals surface area contributed by atoms with Crippen LogP contribution in [0.3, 0.4) is 0 Å². The number of hydrogen-bond acceptors (Lipinski definition) is 5. The van der Waals surface area contributed by atoms with Crippen molar-refractivity contribution < 1.29 is 0 Å². The molecular weight excluding hydrogens is 324 g/mol. The topological polar surface area (TPSA) is 122 Å². The van der Waals surface area contributed by atoms with Gasteiger partial charge in [0.05, 0.1) is 5.56 Å². The molecule has 0 aliphatic carbocycles. The lowest BCUT2D eigenvalue weighted by Crippen LogP contribution is -2.23. The molecule has 0 bridgehead atoms. The van der Waals surface area contributed by atoms with E-state index >= 15 is 0 Å². The summed E-state index contributed by atoms with van der Waals surface area (Å²) in [5.74, 6) is 0.126. The number of hydrogen-bond donors (Lipinski definition) is 4. The number of nitrogens with two attached hydrogens (primary N) is 2. The van der Waals surface area contributed by atoms with E-state index in [0.29, 0.717) is 17.3 Å². The van der Waals surface area contributed by atoms with Crippen molar-refractivity contribution in [3.05, 3.63) is 46.4 Å². The normalized spacial score (nSPS) is 10.5. The van der Waals surface area contributed by atoms with Crippen LogP contribution in [0.4, 0.5) is 0 Å². The second-order valence-corrected chi connectivity index (χ2v) is 5.96. The first kappa shape index (κ1) is 18.0. The average molecular weight is 346 g/mol. The molecule has 0 fully saturated rings. The second kappa shape index (κ2) is 9.09. The first-order valence-electron chi connectivity index (χ1n) is 7.59. The smallest absolute Gasteiger partial charge is 0.259 e. The number of rotatable bonds is 8. The largest absolute Gasteiger partial charge is 0.370 e. The van der Waals surface area contributed by atoms with Crippen molar-refractivity contribution in [3.63, 3.8) is 0 Å². The van der Waals surface area contributed by atoms with Crippen molar-refractivity contribution in [1.29, 1.82) is 0 Å². The monoisotopic (exact) mass is 346 g/mol. The molecule has 1 heterocycles. The van der Waals surface area contributed by atoms with Crippen LogP contribution in [-0.2, 0) is 6.54 Å². The fraction of sp³-hybridized carbons (Fsp3) is 0.312. The van der Waals surface area contributed by atoms with Gasteiger partial charge >= 0.3 is 0 Å². The summed E-state index contributed by atoms with van der Waals surface area (Å²) in [7, 11) is 0. The molecule has 8 heteroatoms. The number of thioether (sulfide) groups is 1. The highest BCUT2D eigenvalue weighted by atomic mass is 32.2. The first-order chi connectivity index (χ1) is 11.6. The van der Waals surface area contributed by atoms with Gasteiger partial charge in [0.25, 0.3) is 5.56 Å². The Hall–Kier alpha value is -2.32. The van der Waals surface area contributed by atoms with Crippen LogP contribution in [0.2, 0.25) is 0 Å². The molecule has 0 aliphatic heterocycles. The van der Waals surface area contributed by atoms with Gasteiger partial charge in [0.2, 0.25) is 0 Å². The number of aromatic amines is 1. The molecular formula is C16H22N6OS. The van der Waals surface area contributed by atoms with Crippen LogP contribution in [-0.4, -0.2) is 35.3 Å². The molecule has 1 aromatic heterocycles. The predicted molar refractivity (Wildman–Crippen MR) is 99.1 cm³/mol. The highest BCUT2D eigenvalue weighted by Gasteiger charge is 2.05. The van der Waals surface area contributed by atoms with Crippen molar-refractivity contribution in [2.75, 3.05) is 19.3 Å². The molecule has 128 valence electrons. The van der Waals surface area contributed by atoms with Crippen LogP contribution in [0.15, 0.2) is 45.4 Å². The Balaban J connectivity index is 1.89. The molecule has 0 saturated heterocycles. The summed E-state index contributed by atoms with van der Waals surface area (Å²) in [6, 6.07) is 7.86. The van der Waals surface area contributed by atoms with E-state index < -0.39 is 0 Å². The number of nitrogens with zero attached hydrogens (tertiary/aromatic N) is 2. The summed E-state index contributed by atoms with van der Waals surface area (Å²) < 4.78 is 0. The van der Waals surface area contributed by atoms with Gasteiger partial charge in [0, 0.05) is 19.3 Å². The van der Waals surface area contributed by atoms with E-state index in [-0.39, 0.29) is 11.5 Å². The maximum Gasteiger partial charge on any atom is 0.259 e. The van der Waals surface area contributed by atoms with Crippen LogP contribution in [0.25, 0.3) is 11.1 Å². The van der Waals surface area contributed by atoms with E-state index in [4.69, 9.17) is 11.5 Å². The van der Waals surface area contributed by atoms with E-state index in [0.717, 1.165) is 30.6 Å². The Morgan fingerprint density at radius 3 is 2.71 bits per heavy atom. The standard InChI is InChI=1S/C16H22N6OS/c1-24-16-21-10-13(14(23)22-16)12-5-3-11(4-6-12)9-19-7-2-8-20-15(17)18/h3-6,10,19H,2,7-9H2,1H3,(H4,17,18,20)(H,21,22,23). The van der Waals surface area contributed by atoms with Gasteiger partial charge in [-0.3, -0.25) is 9.79 Å². The number of H-pyrrole nitrogens is 1. The van der Waals surface area contributed by atoms with Crippen molar-refractivity contribution in [1.82, 2.24) is 15.3 Å². The minimum absolute atomic E-state index is 0.125. The quantitative estimate of drug-likeness (QED) is 0.185. The Kier molecular flexibility index (Phi) is 6.83. The van der Waals surface area contributed by atoms with Crippen LogP contribution in [0.1, 0.15) is 12.0 Å². The Bertz CT molecular complexity index is 737. The summed E-state index contributed by atoms with van der Waals surface area (Å²) in [6.45, 7) is 2.20. The van der Waals surface area contributed by atoms with E-state index in [1.807, 2.05) is 30.5 Å². The van der Waals surface area contributed by atoms with Crippen LogP contribution in [0.5, 0.6) is 0 Å². The van der Waals surface area contributed by atoms with Gasteiger partial charge in [-0.05, 0) is 30.3 Å². The third kappa shape index (κ3) is 5.39. The van der Waals surface area contributed by atoms with Gasteiger partial charge in [0.1, 0.15) is 0 Å². The maximum absolute atomic E-state index is 12.1. The molecule has 0 amide bonds. The molecule has 2 rings (SSSR count). The van der Waals surface area contributed by atoms with Gasteiger partial charge in [-0.2, -0.15) is 0 Å². The van der Waals surface area contributed by atoms with Crippen LogP contribution in [0, 0.1) is 0 Å². The molecule has 7 nitrogen and oxygen atoms in total. The predicted octanol–water partition coefficient (Wildman–Crippen LogP) is 0.912. The van der Waals surface area contributed by atoms with Crippen LogP contribution >= 0.6 is 11.8 Å². The summed E-state index contributed by atoms with van der Waals surface area (Å²) in [5.41, 5.74) is 13.0. The number of nitrogens with one attached hydrogen (secondary N) is 2. The Morgan fingerprint density at radius 2 is 2.08 bits per heavy atom. The zero-order chi connectivity index (χ0) is 17.4. The highest BCUT2D eigenvalue weighted by molar-refractivity contribution is 7.98. The molecule has 0 saturated carbocycles. The molecule has 0 atom stereocenters. The maximum atomic E-state index is 12.1. The molecule has 0 aliphatic rings. The van der Waals surface area contributed by atoms with E-state index in [9.17, 15) is 4.79 Å². The molecule has 0 unspecified atom stereocenters. The summed E-state index contributed by atoms with van der Waals surface area (Å²) in [6.07, 6.45) is 4.36. The third-order valence-electron chi connectivity index (χ3n) is 3.37. The summed E-state index contributed by atoms with van der Waals surface area (Å²) >= 11 is 1.41. The van der Waals surface area contributed by atoms with Gasteiger partial charge < -0.3 is 21.8 Å². The van der Waals surface area contributed by atoms with E-state index in [1.165, 1.54) is 11.8 Å². The lowest BCUT2D eigenvalue weighted by atomic mass is 10.1. The van der Waals surface area contributed by atoms with Crippen molar-refractivity contribution in [2.45, 2.75) is 18.1 Å². The van der Waals surface area contributed by atoms with Crippen molar-refractivity contribution in [2.24, 2.45) is 16.5 Å². The fourth-order valence-electron chi connectivity index (χ4n) is 2.13. The number of benzene rings is 1. The van der Waals surface area contributed by atoms with Crippen molar-refractivity contribution >= 4 is 17.7 Å². The molecule has 1 aromatic carbocycles. The Morgan fingerprint density at radius 1 is 1.33 bits per heavy atom. The summed E-state index contributed by atoms with van der Waals surface area (Å²) in [5, 5.41) is 3.94. The van der Waals surface area contributed by atoms with Gasteiger partial charge in [0.15, 0.2) is 11.1 Å². The Labute approximate surface area is 145 Å².